The second-order valence-electron chi connectivity index (χ2n) is 19.2. The Morgan fingerprint density at radius 3 is 2.52 bits per heavy atom. The van der Waals surface area contributed by atoms with E-state index < -0.39 is 29.5 Å². The van der Waals surface area contributed by atoms with Gasteiger partial charge in [-0.3, -0.25) is 4.79 Å². The lowest BCUT2D eigenvalue weighted by atomic mass is 9.49. The van der Waals surface area contributed by atoms with Crippen LogP contribution in [0.5, 0.6) is 5.75 Å². The fourth-order valence-electron chi connectivity index (χ4n) is 13.4. The van der Waals surface area contributed by atoms with Crippen molar-refractivity contribution in [2.24, 2.45) is 57.5 Å². The van der Waals surface area contributed by atoms with E-state index in [2.05, 4.69) is 51.1 Å². The third kappa shape index (κ3) is 6.08. The number of benzene rings is 1. The van der Waals surface area contributed by atoms with Crippen molar-refractivity contribution in [1.29, 1.82) is 0 Å². The molecule has 0 bridgehead atoms. The molecule has 1 amide bonds. The van der Waals surface area contributed by atoms with Crippen molar-refractivity contribution in [1.82, 2.24) is 5.32 Å². The number of carbonyl (C=O) groups excluding carboxylic acids is 3. The molecule has 8 rings (SSSR count). The van der Waals surface area contributed by atoms with E-state index in [4.69, 9.17) is 21.6 Å². The molecule has 5 fully saturated rings. The minimum Gasteiger partial charge on any atom is -0.430 e. The minimum atomic E-state index is -1.15. The standard InChI is InChI=1S/C46H60N2O6/c1-6-46(52)22-18-38-33-11-8-28-23-29(9-12-31(28)32(33)17-21-45(38,46)5)53-41(50)26-48-40(49)24-39(47)42(51)54-30-10-14-36-34-16-20-44(4)27(2)7-13-37(44)35(34)15-19-43(36,3)25-30/h1,9-10,12,14,23,27,32-35,37-39,52H,7-8,11,13,15-22,24-26,47H2,2-5H3,(H,48,49)/t27-,32?,33?,34?,35?,37?,38?,39?,43?,44+,45-,46-/m0/s1. The predicted octanol–water partition coefficient (Wildman–Crippen LogP) is 7.28. The number of aliphatic hydroxyl groups is 1. The molecule has 7 aliphatic rings. The van der Waals surface area contributed by atoms with Gasteiger partial charge in [0, 0.05) is 11.8 Å². The highest BCUT2D eigenvalue weighted by Crippen LogP contribution is 2.66. The number of nitrogens with one attached hydrogen (secondary N) is 1. The topological polar surface area (TPSA) is 128 Å². The summed E-state index contributed by atoms with van der Waals surface area (Å²) < 4.78 is 11.4. The summed E-state index contributed by atoms with van der Waals surface area (Å²) >= 11 is 0. The van der Waals surface area contributed by atoms with Gasteiger partial charge in [0.25, 0.3) is 0 Å². The average molecular weight is 737 g/mol. The van der Waals surface area contributed by atoms with E-state index in [-0.39, 0.29) is 23.8 Å². The molecule has 0 aliphatic heterocycles. The molecule has 54 heavy (non-hydrogen) atoms. The Labute approximate surface area is 321 Å². The van der Waals surface area contributed by atoms with Gasteiger partial charge in [0.1, 0.15) is 29.7 Å². The lowest BCUT2D eigenvalue weighted by Crippen LogP contribution is -2.50. The second-order valence-corrected chi connectivity index (χ2v) is 19.2. The summed E-state index contributed by atoms with van der Waals surface area (Å²) in [5.74, 6) is 6.30. The average Bonchev–Trinajstić information content (AvgIpc) is 3.61. The molecular formula is C46H60N2O6. The van der Waals surface area contributed by atoms with E-state index in [1.807, 2.05) is 18.2 Å². The maximum absolute atomic E-state index is 13.0. The van der Waals surface area contributed by atoms with Crippen LogP contribution in [-0.4, -0.2) is 41.1 Å². The molecule has 8 nitrogen and oxygen atoms in total. The molecule has 0 heterocycles. The maximum atomic E-state index is 13.0. The quantitative estimate of drug-likeness (QED) is 0.153. The van der Waals surface area contributed by atoms with E-state index in [0.717, 1.165) is 56.3 Å². The molecule has 0 saturated heterocycles. The SMILES string of the molecule is C#C[C@]1(O)CCC2C3CCc4cc(OC(=O)CNC(=O)CC(N)C(=O)OC5=CC=C6C7CC[C@@]8(C)C(CC[C@@H]8C)C7CCC6(C)C5)ccc4C3CC[C@@]21C. The molecule has 1 aromatic carbocycles. The van der Waals surface area contributed by atoms with Crippen LogP contribution >= 0.6 is 0 Å². The van der Waals surface area contributed by atoms with Crippen LogP contribution < -0.4 is 15.8 Å². The molecular weight excluding hydrogens is 677 g/mol. The van der Waals surface area contributed by atoms with Crippen LogP contribution in [0.25, 0.3) is 0 Å². The summed E-state index contributed by atoms with van der Waals surface area (Å²) in [5, 5.41) is 13.8. The Bertz CT molecular complexity index is 1830. The van der Waals surface area contributed by atoms with E-state index in [1.54, 1.807) is 0 Å². The largest absolute Gasteiger partial charge is 0.430 e. The summed E-state index contributed by atoms with van der Waals surface area (Å²) in [4.78, 5) is 38.5. The Hall–Kier alpha value is -3.41. The van der Waals surface area contributed by atoms with Crippen molar-refractivity contribution in [2.75, 3.05) is 6.54 Å². The summed E-state index contributed by atoms with van der Waals surface area (Å²) in [6.45, 7) is 9.15. The highest BCUT2D eigenvalue weighted by atomic mass is 16.5. The van der Waals surface area contributed by atoms with Gasteiger partial charge in [-0.05, 0) is 159 Å². The Morgan fingerprint density at radius 2 is 1.72 bits per heavy atom. The van der Waals surface area contributed by atoms with Crippen LogP contribution in [0.15, 0.2) is 41.7 Å². The number of nitrogens with two attached hydrogens (primary N) is 1. The molecule has 0 spiro atoms. The van der Waals surface area contributed by atoms with Crippen molar-refractivity contribution in [3.05, 3.63) is 52.8 Å². The van der Waals surface area contributed by atoms with Gasteiger partial charge in [-0.1, -0.05) is 51.3 Å². The van der Waals surface area contributed by atoms with Crippen molar-refractivity contribution < 1.29 is 29.0 Å². The Balaban J connectivity index is 0.809. The van der Waals surface area contributed by atoms with Gasteiger partial charge in [-0.25, -0.2) is 9.59 Å². The van der Waals surface area contributed by atoms with Gasteiger partial charge in [0.15, 0.2) is 0 Å². The summed E-state index contributed by atoms with van der Waals surface area (Å²) in [7, 11) is 0. The van der Waals surface area contributed by atoms with E-state index in [1.165, 1.54) is 48.8 Å². The summed E-state index contributed by atoms with van der Waals surface area (Å²) in [6.07, 6.45) is 23.3. The van der Waals surface area contributed by atoms with Gasteiger partial charge in [-0.2, -0.15) is 0 Å². The number of terminal acetylenes is 1. The number of ether oxygens (including phenoxy) is 2. The van der Waals surface area contributed by atoms with Crippen molar-refractivity contribution >= 4 is 17.8 Å². The Morgan fingerprint density at radius 1 is 0.944 bits per heavy atom. The molecule has 7 aliphatic carbocycles. The van der Waals surface area contributed by atoms with Gasteiger partial charge < -0.3 is 25.6 Å². The number of esters is 2. The first-order valence-corrected chi connectivity index (χ1v) is 20.9. The van der Waals surface area contributed by atoms with Crippen molar-refractivity contribution in [2.45, 2.75) is 135 Å². The van der Waals surface area contributed by atoms with E-state index in [0.29, 0.717) is 53.4 Å². The number of amides is 1. The van der Waals surface area contributed by atoms with Gasteiger partial charge in [0.05, 0.1) is 6.42 Å². The fraction of sp³-hybridized carbons (Fsp3) is 0.674. The monoisotopic (exact) mass is 736 g/mol. The highest BCUT2D eigenvalue weighted by Gasteiger charge is 2.61. The van der Waals surface area contributed by atoms with Crippen LogP contribution in [-0.2, 0) is 25.5 Å². The normalized spacial score (nSPS) is 40.8. The molecule has 8 unspecified atom stereocenters. The first kappa shape index (κ1) is 37.5. The summed E-state index contributed by atoms with van der Waals surface area (Å²) in [5.41, 5.74) is 9.33. The smallest absolute Gasteiger partial charge is 0.330 e. The molecule has 4 N–H and O–H groups in total. The third-order valence-electron chi connectivity index (χ3n) is 16.7. The predicted molar refractivity (Wildman–Crippen MR) is 207 cm³/mol. The molecule has 8 heteroatoms. The van der Waals surface area contributed by atoms with Crippen LogP contribution in [0.3, 0.4) is 0 Å². The molecule has 290 valence electrons. The number of allylic oxidation sites excluding steroid dienone is 4. The second kappa shape index (κ2) is 13.7. The lowest BCUT2D eigenvalue weighted by molar-refractivity contribution is -0.143. The number of hydrogen-bond donors (Lipinski definition) is 3. The number of aryl methyl sites for hydroxylation is 1. The van der Waals surface area contributed by atoms with Crippen LogP contribution in [0, 0.1) is 64.1 Å². The molecule has 0 aromatic heterocycles. The number of rotatable bonds is 7. The van der Waals surface area contributed by atoms with Crippen LogP contribution in [0.1, 0.15) is 128 Å². The Kier molecular flexibility index (Phi) is 9.49. The van der Waals surface area contributed by atoms with E-state index >= 15 is 0 Å². The maximum Gasteiger partial charge on any atom is 0.330 e. The van der Waals surface area contributed by atoms with Gasteiger partial charge in [-0.15, -0.1) is 6.42 Å². The van der Waals surface area contributed by atoms with E-state index in [9.17, 15) is 19.5 Å². The zero-order valence-corrected chi connectivity index (χ0v) is 32.8. The van der Waals surface area contributed by atoms with Gasteiger partial charge >= 0.3 is 11.9 Å². The molecule has 12 atom stereocenters. The third-order valence-corrected chi connectivity index (χ3v) is 16.7. The minimum absolute atomic E-state index is 0.0316. The lowest BCUT2D eigenvalue weighted by Gasteiger charge is -2.55. The zero-order valence-electron chi connectivity index (χ0n) is 32.8. The van der Waals surface area contributed by atoms with Crippen LogP contribution in [0.2, 0.25) is 0 Å². The molecule has 0 radical (unpaired) electrons. The van der Waals surface area contributed by atoms with Crippen LogP contribution in [0.4, 0.5) is 0 Å². The number of carbonyl (C=O) groups is 3. The first-order valence-electron chi connectivity index (χ1n) is 20.9. The first-order chi connectivity index (χ1) is 25.7. The zero-order chi connectivity index (χ0) is 38.2. The number of hydrogen-bond acceptors (Lipinski definition) is 7. The number of fused-ring (bicyclic) bond motifs is 10. The molecule has 5 saturated carbocycles. The highest BCUT2D eigenvalue weighted by molar-refractivity contribution is 5.87. The fourth-order valence-corrected chi connectivity index (χ4v) is 13.4. The summed E-state index contributed by atoms with van der Waals surface area (Å²) in [6, 6.07) is 4.71. The van der Waals surface area contributed by atoms with Gasteiger partial charge in [0.2, 0.25) is 5.91 Å². The van der Waals surface area contributed by atoms with Crippen molar-refractivity contribution in [3.8, 4) is 18.1 Å². The van der Waals surface area contributed by atoms with Crippen molar-refractivity contribution in [3.63, 3.8) is 0 Å². The molecule has 1 aromatic rings.